The fourth-order valence-electron chi connectivity index (χ4n) is 5.84. The SMILES string of the molecule is CCCCCCCCCCN(C)c1cc(CO)cc(NC(C)=O)c1.CCCCCCCCCCNc1cc(CO)c2cc[nH]c2c1. The van der Waals surface area contributed by atoms with Crippen molar-refractivity contribution in [3.8, 4) is 0 Å². The van der Waals surface area contributed by atoms with Crippen molar-refractivity contribution in [2.24, 2.45) is 0 Å². The predicted octanol–water partition coefficient (Wildman–Crippen LogP) is 9.93. The first-order valence-electron chi connectivity index (χ1n) is 18.1. The van der Waals surface area contributed by atoms with Crippen LogP contribution in [0.2, 0.25) is 0 Å². The summed E-state index contributed by atoms with van der Waals surface area (Å²) < 4.78 is 0. The third-order valence-corrected chi connectivity index (χ3v) is 8.55. The van der Waals surface area contributed by atoms with Gasteiger partial charge < -0.3 is 30.7 Å². The molecule has 0 bridgehead atoms. The second-order valence-electron chi connectivity index (χ2n) is 12.8. The molecule has 1 heterocycles. The summed E-state index contributed by atoms with van der Waals surface area (Å²) in [6.45, 7) is 8.07. The summed E-state index contributed by atoms with van der Waals surface area (Å²) in [4.78, 5) is 16.7. The summed E-state index contributed by atoms with van der Waals surface area (Å²) in [5, 5.41) is 26.3. The van der Waals surface area contributed by atoms with Crippen molar-refractivity contribution in [3.63, 3.8) is 0 Å². The Balaban J connectivity index is 0.000000321. The zero-order valence-corrected chi connectivity index (χ0v) is 29.4. The Morgan fingerprint density at radius 3 is 1.93 bits per heavy atom. The molecule has 0 aliphatic carbocycles. The molecule has 2 aromatic carbocycles. The number of anilines is 3. The lowest BCUT2D eigenvalue weighted by atomic mass is 10.1. The van der Waals surface area contributed by atoms with Crippen LogP contribution < -0.4 is 15.5 Å². The topological polar surface area (TPSA) is 101 Å². The van der Waals surface area contributed by atoms with Crippen molar-refractivity contribution in [1.82, 2.24) is 4.98 Å². The van der Waals surface area contributed by atoms with Crippen molar-refractivity contribution in [3.05, 3.63) is 53.7 Å². The van der Waals surface area contributed by atoms with Gasteiger partial charge in [-0.3, -0.25) is 4.79 Å². The van der Waals surface area contributed by atoms with Crippen LogP contribution in [-0.4, -0.2) is 41.2 Å². The number of carbonyl (C=O) groups is 1. The van der Waals surface area contributed by atoms with Crippen molar-refractivity contribution >= 4 is 33.9 Å². The van der Waals surface area contributed by atoms with Crippen LogP contribution in [0.25, 0.3) is 10.9 Å². The first-order chi connectivity index (χ1) is 22.4. The van der Waals surface area contributed by atoms with Crippen LogP contribution >= 0.6 is 0 Å². The molecule has 7 nitrogen and oxygen atoms in total. The highest BCUT2D eigenvalue weighted by molar-refractivity contribution is 5.89. The minimum atomic E-state index is -0.0956. The number of aliphatic hydroxyl groups is 2. The van der Waals surface area contributed by atoms with Crippen LogP contribution in [0.3, 0.4) is 0 Å². The number of nitrogens with zero attached hydrogens (tertiary/aromatic N) is 1. The van der Waals surface area contributed by atoms with E-state index in [1.165, 1.54) is 110 Å². The quantitative estimate of drug-likeness (QED) is 0.0667. The number of amides is 1. The molecule has 0 aliphatic rings. The van der Waals surface area contributed by atoms with Crippen molar-refractivity contribution in [2.45, 2.75) is 137 Å². The zero-order valence-electron chi connectivity index (χ0n) is 29.4. The lowest BCUT2D eigenvalue weighted by Gasteiger charge is -2.21. The number of aliphatic hydroxyl groups excluding tert-OH is 2. The summed E-state index contributed by atoms with van der Waals surface area (Å²) in [7, 11) is 2.06. The molecule has 1 aromatic heterocycles. The maximum Gasteiger partial charge on any atom is 0.221 e. The zero-order chi connectivity index (χ0) is 33.4. The largest absolute Gasteiger partial charge is 0.392 e. The molecule has 7 heteroatoms. The Hall–Kier alpha value is -3.03. The molecule has 0 unspecified atom stereocenters. The Morgan fingerprint density at radius 2 is 1.35 bits per heavy atom. The Bertz CT molecular complexity index is 1230. The fraction of sp³-hybridized carbons (Fsp3) is 0.615. The van der Waals surface area contributed by atoms with Crippen LogP contribution in [0.1, 0.15) is 135 Å². The monoisotopic (exact) mass is 636 g/mol. The highest BCUT2D eigenvalue weighted by atomic mass is 16.3. The number of hydrogen-bond acceptors (Lipinski definition) is 5. The van der Waals surface area contributed by atoms with Gasteiger partial charge in [0.1, 0.15) is 0 Å². The number of unbranched alkanes of at least 4 members (excludes halogenated alkanes) is 14. The first kappa shape index (κ1) is 39.1. The van der Waals surface area contributed by atoms with E-state index in [9.17, 15) is 15.0 Å². The van der Waals surface area contributed by atoms with E-state index in [0.717, 1.165) is 52.2 Å². The molecule has 3 aromatic rings. The first-order valence-corrected chi connectivity index (χ1v) is 18.1. The van der Waals surface area contributed by atoms with Crippen molar-refractivity contribution in [2.75, 3.05) is 35.7 Å². The Kier molecular flexibility index (Phi) is 20.6. The average Bonchev–Trinajstić information content (AvgIpc) is 3.53. The van der Waals surface area contributed by atoms with E-state index in [1.54, 1.807) is 0 Å². The number of fused-ring (bicyclic) bond motifs is 1. The molecule has 258 valence electrons. The lowest BCUT2D eigenvalue weighted by molar-refractivity contribution is -0.114. The molecule has 5 N–H and O–H groups in total. The number of carbonyl (C=O) groups excluding carboxylic acids is 1. The van der Waals surface area contributed by atoms with E-state index in [1.807, 2.05) is 30.5 Å². The van der Waals surface area contributed by atoms with E-state index in [0.29, 0.717) is 0 Å². The maximum atomic E-state index is 11.2. The van der Waals surface area contributed by atoms with E-state index >= 15 is 0 Å². The second kappa shape index (κ2) is 24.2. The normalized spacial score (nSPS) is 10.9. The third kappa shape index (κ3) is 16.0. The van der Waals surface area contributed by atoms with Gasteiger partial charge >= 0.3 is 0 Å². The van der Waals surface area contributed by atoms with Crippen LogP contribution in [0.15, 0.2) is 42.6 Å². The molecule has 3 rings (SSSR count). The van der Waals surface area contributed by atoms with Gasteiger partial charge in [0.15, 0.2) is 0 Å². The Morgan fingerprint density at radius 1 is 0.739 bits per heavy atom. The molecule has 0 saturated heterocycles. The highest BCUT2D eigenvalue weighted by Gasteiger charge is 2.07. The minimum absolute atomic E-state index is 0.0218. The van der Waals surface area contributed by atoms with E-state index in [-0.39, 0.29) is 19.1 Å². The van der Waals surface area contributed by atoms with Crippen LogP contribution in [0.4, 0.5) is 17.1 Å². The van der Waals surface area contributed by atoms with Gasteiger partial charge in [-0.15, -0.1) is 0 Å². The number of aromatic amines is 1. The van der Waals surface area contributed by atoms with Gasteiger partial charge in [0, 0.05) is 61.2 Å². The van der Waals surface area contributed by atoms with Crippen LogP contribution in [-0.2, 0) is 18.0 Å². The number of H-pyrrole nitrogens is 1. The summed E-state index contributed by atoms with van der Waals surface area (Å²) in [6, 6.07) is 12.0. The molecule has 1 amide bonds. The summed E-state index contributed by atoms with van der Waals surface area (Å²) >= 11 is 0. The van der Waals surface area contributed by atoms with Crippen LogP contribution in [0.5, 0.6) is 0 Å². The second-order valence-corrected chi connectivity index (χ2v) is 12.8. The minimum Gasteiger partial charge on any atom is -0.392 e. The smallest absolute Gasteiger partial charge is 0.221 e. The fourth-order valence-corrected chi connectivity index (χ4v) is 5.84. The molecule has 0 radical (unpaired) electrons. The van der Waals surface area contributed by atoms with Crippen molar-refractivity contribution < 1.29 is 15.0 Å². The summed E-state index contributed by atoms with van der Waals surface area (Å²) in [6.07, 6.45) is 23.1. The molecule has 0 fully saturated rings. The standard InChI is InChI=1S/C20H34N2O2.C19H30N2O/c1-4-5-6-7-8-9-10-11-12-22(3)20-14-18(16-23)13-19(15-20)21-17(2)24;1-2-3-4-5-6-7-8-9-11-20-17-13-16(15-22)18-10-12-21-19(18)14-17/h13-15,23H,4-12,16H2,1-3H3,(H,21,24);10,12-14,20-22H,2-9,11,15H2,1H3. The van der Waals surface area contributed by atoms with Crippen LogP contribution in [0, 0.1) is 0 Å². The summed E-state index contributed by atoms with van der Waals surface area (Å²) in [5.41, 5.74) is 5.77. The molecular formula is C39H64N4O3. The molecule has 46 heavy (non-hydrogen) atoms. The van der Waals surface area contributed by atoms with Gasteiger partial charge in [-0.25, -0.2) is 0 Å². The number of nitrogens with one attached hydrogen (secondary N) is 3. The van der Waals surface area contributed by atoms with Gasteiger partial charge in [-0.1, -0.05) is 104 Å². The molecule has 0 atom stereocenters. The Labute approximate surface area is 279 Å². The average molecular weight is 637 g/mol. The van der Waals surface area contributed by atoms with E-state index in [4.69, 9.17) is 0 Å². The predicted molar refractivity (Wildman–Crippen MR) is 198 cm³/mol. The molecule has 0 saturated carbocycles. The van der Waals surface area contributed by atoms with E-state index < -0.39 is 0 Å². The lowest BCUT2D eigenvalue weighted by Crippen LogP contribution is -2.19. The highest BCUT2D eigenvalue weighted by Crippen LogP contribution is 2.24. The summed E-state index contributed by atoms with van der Waals surface area (Å²) in [5.74, 6) is -0.0956. The molecule has 0 spiro atoms. The molecule has 0 aliphatic heterocycles. The number of benzene rings is 2. The van der Waals surface area contributed by atoms with E-state index in [2.05, 4.69) is 53.5 Å². The van der Waals surface area contributed by atoms with Gasteiger partial charge in [-0.2, -0.15) is 0 Å². The van der Waals surface area contributed by atoms with Gasteiger partial charge in [0.05, 0.1) is 13.2 Å². The number of rotatable bonds is 23. The van der Waals surface area contributed by atoms with Gasteiger partial charge in [-0.05, 0) is 60.4 Å². The molecular weight excluding hydrogens is 572 g/mol. The number of hydrogen-bond donors (Lipinski definition) is 5. The maximum absolute atomic E-state index is 11.2. The van der Waals surface area contributed by atoms with Crippen molar-refractivity contribution in [1.29, 1.82) is 0 Å². The third-order valence-electron chi connectivity index (χ3n) is 8.55. The van der Waals surface area contributed by atoms with Gasteiger partial charge in [0.2, 0.25) is 5.91 Å². The van der Waals surface area contributed by atoms with Gasteiger partial charge in [0.25, 0.3) is 0 Å². The number of aromatic nitrogens is 1.